The second-order valence-corrected chi connectivity index (χ2v) is 5.92. The average Bonchev–Trinajstić information content (AvgIpc) is 1.96. The van der Waals surface area contributed by atoms with Crippen LogP contribution in [-0.4, -0.2) is 43.2 Å². The third-order valence-electron chi connectivity index (χ3n) is 0.790. The molecule has 10 heteroatoms. The van der Waals surface area contributed by atoms with Gasteiger partial charge in [-0.1, -0.05) is 0 Å². The Morgan fingerprint density at radius 3 is 1.50 bits per heavy atom. The van der Waals surface area contributed by atoms with Crippen LogP contribution in [0.1, 0.15) is 0 Å². The summed E-state index contributed by atoms with van der Waals surface area (Å²) in [6.07, 6.45) is -11.8. The molecule has 0 aliphatic heterocycles. The zero-order valence-corrected chi connectivity index (χ0v) is 11.3. The van der Waals surface area contributed by atoms with Crippen LogP contribution < -0.4 is 0 Å². The Hall–Kier alpha value is -0.261. The van der Waals surface area contributed by atoms with E-state index in [0.29, 0.717) is 7.92 Å². The van der Waals surface area contributed by atoms with Crippen LogP contribution in [0.5, 0.6) is 0 Å². The van der Waals surface area contributed by atoms with Crippen molar-refractivity contribution in [1.29, 1.82) is 0 Å². The smallest absolute Gasteiger partial charge is 0.458 e. The number of halogens is 6. The molecule has 0 aliphatic rings. The standard InChI is InChI=1S/C5H2F6O2.C3H9P.Cu/c6-4(7,8)1-2(12)3(13)5(9,10)11;1-4(2)3;/h1,12H;1-3H3;. The molecule has 0 amide bonds. The van der Waals surface area contributed by atoms with Crippen LogP contribution in [0.3, 0.4) is 0 Å². The number of ketones is 1. The van der Waals surface area contributed by atoms with Crippen LogP contribution in [-0.2, 0) is 21.9 Å². The maximum absolute atomic E-state index is 11.4. The Balaban J connectivity index is -0.000000392. The molecule has 0 atom stereocenters. The van der Waals surface area contributed by atoms with Crippen LogP contribution in [0, 0.1) is 0 Å². The molecule has 0 aromatic rings. The molecule has 0 spiro atoms. The maximum atomic E-state index is 11.4. The van der Waals surface area contributed by atoms with Gasteiger partial charge in [-0.15, -0.1) is 7.92 Å². The topological polar surface area (TPSA) is 37.3 Å². The quantitative estimate of drug-likeness (QED) is 0.259. The van der Waals surface area contributed by atoms with Gasteiger partial charge in [0.05, 0.1) is 6.08 Å². The van der Waals surface area contributed by atoms with E-state index in [1.807, 2.05) is 0 Å². The Kier molecular flexibility index (Phi) is 11.2. The third-order valence-corrected chi connectivity index (χ3v) is 0.790. The van der Waals surface area contributed by atoms with Gasteiger partial charge in [-0.25, -0.2) is 0 Å². The molecule has 0 saturated heterocycles. The van der Waals surface area contributed by atoms with Crippen molar-refractivity contribution in [1.82, 2.24) is 0 Å². The molecular formula is C8H11CuF6O2P. The van der Waals surface area contributed by atoms with Gasteiger partial charge >= 0.3 is 18.1 Å². The average molecular weight is 348 g/mol. The monoisotopic (exact) mass is 347 g/mol. The van der Waals surface area contributed by atoms with E-state index in [0.717, 1.165) is 0 Å². The fraction of sp³-hybridized carbons (Fsp3) is 0.625. The summed E-state index contributed by atoms with van der Waals surface area (Å²) in [5.74, 6) is -5.30. The zero-order chi connectivity index (χ0) is 14.4. The minimum atomic E-state index is -5.51. The Morgan fingerprint density at radius 2 is 1.33 bits per heavy atom. The summed E-state index contributed by atoms with van der Waals surface area (Å²) in [6.45, 7) is 6.69. The van der Waals surface area contributed by atoms with E-state index in [9.17, 15) is 31.1 Å². The summed E-state index contributed by atoms with van der Waals surface area (Å²) in [4.78, 5) is 9.90. The SMILES string of the molecule is CP(C)C.O=C(C(O)=CC(F)(F)F)C(F)(F)F.[Cu]. The number of rotatable bonds is 1. The predicted octanol–water partition coefficient (Wildman–Crippen LogP) is 3.48. The van der Waals surface area contributed by atoms with Gasteiger partial charge in [0.15, 0.2) is 5.76 Å². The van der Waals surface area contributed by atoms with Crippen molar-refractivity contribution in [2.45, 2.75) is 12.4 Å². The number of aliphatic hydroxyl groups excluding tert-OH is 1. The van der Waals surface area contributed by atoms with Crippen molar-refractivity contribution >= 4 is 13.7 Å². The van der Waals surface area contributed by atoms with Gasteiger partial charge in [0.25, 0.3) is 0 Å². The molecule has 0 rings (SSSR count). The van der Waals surface area contributed by atoms with Crippen molar-refractivity contribution in [2.75, 3.05) is 20.0 Å². The van der Waals surface area contributed by atoms with Gasteiger partial charge in [-0.2, -0.15) is 26.3 Å². The minimum Gasteiger partial charge on any atom is -0.504 e. The molecule has 0 heterocycles. The van der Waals surface area contributed by atoms with E-state index in [1.54, 1.807) is 0 Å². The molecule has 0 fully saturated rings. The van der Waals surface area contributed by atoms with E-state index in [-0.39, 0.29) is 17.1 Å². The number of allylic oxidation sites excluding steroid dienone is 2. The number of hydrogen-bond donors (Lipinski definition) is 1. The zero-order valence-electron chi connectivity index (χ0n) is 9.45. The third kappa shape index (κ3) is 15.7. The van der Waals surface area contributed by atoms with Crippen LogP contribution in [0.15, 0.2) is 11.8 Å². The fourth-order valence-electron chi connectivity index (χ4n) is 0.366. The van der Waals surface area contributed by atoms with E-state index in [2.05, 4.69) is 20.0 Å². The van der Waals surface area contributed by atoms with Gasteiger partial charge in [0.2, 0.25) is 0 Å². The molecule has 18 heavy (non-hydrogen) atoms. The maximum Gasteiger partial charge on any atom is 0.458 e. The summed E-state index contributed by atoms with van der Waals surface area (Å²) >= 11 is 0. The second-order valence-electron chi connectivity index (χ2n) is 3.24. The van der Waals surface area contributed by atoms with Gasteiger partial charge < -0.3 is 5.11 Å². The molecule has 0 saturated carbocycles. The first-order valence-electron chi connectivity index (χ1n) is 3.98. The number of carbonyl (C=O) groups is 1. The number of hydrogen-bond acceptors (Lipinski definition) is 2. The molecular weight excluding hydrogens is 337 g/mol. The van der Waals surface area contributed by atoms with Crippen molar-refractivity contribution in [2.24, 2.45) is 0 Å². The number of alkyl halides is 6. The minimum absolute atomic E-state index is 0. The molecule has 0 bridgehead atoms. The molecule has 0 aromatic carbocycles. The van der Waals surface area contributed by atoms with E-state index >= 15 is 0 Å². The molecule has 0 aliphatic carbocycles. The predicted molar refractivity (Wildman–Crippen MR) is 52.5 cm³/mol. The summed E-state index contributed by atoms with van der Waals surface area (Å²) in [7, 11) is 0.380. The van der Waals surface area contributed by atoms with Crippen molar-refractivity contribution in [3.05, 3.63) is 11.8 Å². The van der Waals surface area contributed by atoms with Crippen LogP contribution in [0.25, 0.3) is 0 Å². The first-order valence-corrected chi connectivity index (χ1v) is 6.66. The van der Waals surface area contributed by atoms with E-state index in [1.165, 1.54) is 0 Å². The van der Waals surface area contributed by atoms with Crippen LogP contribution in [0.2, 0.25) is 0 Å². The summed E-state index contributed by atoms with van der Waals surface area (Å²) in [6, 6.07) is 0. The molecule has 1 radical (unpaired) electrons. The van der Waals surface area contributed by atoms with Crippen molar-refractivity contribution < 1.29 is 53.3 Å². The first kappa shape index (κ1) is 22.9. The van der Waals surface area contributed by atoms with Crippen LogP contribution >= 0.6 is 7.92 Å². The molecule has 2 nitrogen and oxygen atoms in total. The number of carbonyl (C=O) groups excluding carboxylic acids is 1. The van der Waals surface area contributed by atoms with E-state index in [4.69, 9.17) is 5.11 Å². The van der Waals surface area contributed by atoms with Gasteiger partial charge in [-0.05, 0) is 20.0 Å². The first-order chi connectivity index (χ1) is 7.27. The summed E-state index contributed by atoms with van der Waals surface area (Å²) in [5, 5.41) is 8.06. The summed E-state index contributed by atoms with van der Waals surface area (Å²) in [5.41, 5.74) is 0. The molecule has 0 aromatic heterocycles. The molecule has 0 unspecified atom stereocenters. The largest absolute Gasteiger partial charge is 0.504 e. The Morgan fingerprint density at radius 1 is 1.06 bits per heavy atom. The number of aliphatic hydroxyl groups is 1. The summed E-state index contributed by atoms with van der Waals surface area (Å²) < 4.78 is 68.0. The number of Topliss-reactive ketones (excluding diaryl/α,β-unsaturated/α-hetero) is 1. The van der Waals surface area contributed by atoms with Crippen molar-refractivity contribution in [3.8, 4) is 0 Å². The van der Waals surface area contributed by atoms with Gasteiger partial charge in [0, 0.05) is 17.1 Å². The molecule has 1 N–H and O–H groups in total. The van der Waals surface area contributed by atoms with Gasteiger partial charge in [-0.3, -0.25) is 4.79 Å². The van der Waals surface area contributed by atoms with Gasteiger partial charge in [0.1, 0.15) is 0 Å². The molecule has 113 valence electrons. The normalized spacial score (nSPS) is 12.4. The Bertz CT molecular complexity index is 282. The van der Waals surface area contributed by atoms with Crippen LogP contribution in [0.4, 0.5) is 26.3 Å². The van der Waals surface area contributed by atoms with Crippen molar-refractivity contribution in [3.63, 3.8) is 0 Å². The fourth-order valence-corrected chi connectivity index (χ4v) is 0.366. The Labute approximate surface area is 112 Å². The second kappa shape index (κ2) is 8.77. The van der Waals surface area contributed by atoms with E-state index < -0.39 is 30.0 Å².